The van der Waals surface area contributed by atoms with Crippen LogP contribution in [0, 0.1) is 0 Å². The average molecular weight is 324 g/mol. The van der Waals surface area contributed by atoms with Gasteiger partial charge in [-0.1, -0.05) is 0 Å². The Hall–Kier alpha value is -0.400. The summed E-state index contributed by atoms with van der Waals surface area (Å²) in [5, 5.41) is 48.1. The fourth-order valence-electron chi connectivity index (χ4n) is 2.60. The van der Waals surface area contributed by atoms with Gasteiger partial charge in [-0.3, -0.25) is 0 Å². The molecule has 0 aromatic rings. The highest BCUT2D eigenvalue weighted by atomic mass is 16.7. The van der Waals surface area contributed by atoms with Crippen molar-refractivity contribution in [3.05, 3.63) is 0 Å². The molecule has 0 spiro atoms. The van der Waals surface area contributed by atoms with E-state index in [4.69, 9.17) is 30.8 Å². The molecule has 22 heavy (non-hydrogen) atoms. The highest BCUT2D eigenvalue weighted by Gasteiger charge is 2.47. The minimum Gasteiger partial charge on any atom is -0.394 e. The van der Waals surface area contributed by atoms with E-state index in [1.54, 1.807) is 0 Å². The molecule has 130 valence electrons. The van der Waals surface area contributed by atoms with Gasteiger partial charge in [0.1, 0.15) is 36.6 Å². The van der Waals surface area contributed by atoms with E-state index in [1.165, 1.54) is 0 Å². The maximum absolute atomic E-state index is 10.1. The Morgan fingerprint density at radius 3 is 2.18 bits per heavy atom. The lowest BCUT2D eigenvalue weighted by atomic mass is 9.96. The van der Waals surface area contributed by atoms with Crippen LogP contribution in [0.15, 0.2) is 0 Å². The zero-order valence-corrected chi connectivity index (χ0v) is 11.9. The van der Waals surface area contributed by atoms with Gasteiger partial charge in [0.2, 0.25) is 0 Å². The maximum atomic E-state index is 10.1. The van der Waals surface area contributed by atoms with Crippen molar-refractivity contribution in [1.82, 2.24) is 0 Å². The summed E-state index contributed by atoms with van der Waals surface area (Å²) in [4.78, 5) is 0. The molecule has 0 aromatic heterocycles. The lowest BCUT2D eigenvalue weighted by Crippen LogP contribution is -2.66. The molecule has 9 atom stereocenters. The quantitative estimate of drug-likeness (QED) is 0.265. The fraction of sp³-hybridized carbons (Fsp3) is 1.00. The third-order valence-corrected chi connectivity index (χ3v) is 4.04. The molecule has 2 fully saturated rings. The predicted octanol–water partition coefficient (Wildman–Crippen LogP) is -4.78. The van der Waals surface area contributed by atoms with Crippen LogP contribution in [0.4, 0.5) is 0 Å². The summed E-state index contributed by atoms with van der Waals surface area (Å²) in [6, 6.07) is -1.82. The number of nitrogens with two attached hydrogens (primary N) is 2. The van der Waals surface area contributed by atoms with Crippen molar-refractivity contribution in [2.75, 3.05) is 19.8 Å². The molecule has 2 aliphatic rings. The lowest BCUT2D eigenvalue weighted by molar-refractivity contribution is -0.305. The molecule has 0 amide bonds. The molecule has 2 aliphatic heterocycles. The van der Waals surface area contributed by atoms with Crippen LogP contribution in [0.5, 0.6) is 0 Å². The zero-order chi connectivity index (χ0) is 16.4. The minimum atomic E-state index is -1.38. The summed E-state index contributed by atoms with van der Waals surface area (Å²) >= 11 is 0. The second kappa shape index (κ2) is 7.45. The van der Waals surface area contributed by atoms with E-state index in [1.807, 2.05) is 0 Å². The summed E-state index contributed by atoms with van der Waals surface area (Å²) in [6.45, 7) is -0.896. The average Bonchev–Trinajstić information content (AvgIpc) is 2.52. The van der Waals surface area contributed by atoms with Crippen molar-refractivity contribution in [2.45, 2.75) is 55.0 Å². The molecular weight excluding hydrogens is 300 g/mol. The first-order valence-corrected chi connectivity index (χ1v) is 7.10. The van der Waals surface area contributed by atoms with Gasteiger partial charge in [-0.2, -0.15) is 0 Å². The molecule has 9 N–H and O–H groups in total. The lowest BCUT2D eigenvalue weighted by Gasteiger charge is -2.45. The van der Waals surface area contributed by atoms with Crippen molar-refractivity contribution in [3.63, 3.8) is 0 Å². The smallest absolute Gasteiger partial charge is 0.176 e. The van der Waals surface area contributed by atoms with Gasteiger partial charge in [0.05, 0.1) is 31.9 Å². The van der Waals surface area contributed by atoms with Gasteiger partial charge in [-0.05, 0) is 0 Å². The molecule has 0 saturated carbocycles. The Morgan fingerprint density at radius 1 is 0.955 bits per heavy atom. The van der Waals surface area contributed by atoms with Gasteiger partial charge >= 0.3 is 0 Å². The first-order chi connectivity index (χ1) is 10.4. The first-order valence-electron chi connectivity index (χ1n) is 7.10. The Kier molecular flexibility index (Phi) is 6.07. The standard InChI is InChI=1S/C12H24N2O8/c13-4-3-20-6(2-16)11(8(4)17)22-12-7(14)10(19)9(18)5(1-15)21-12/h4-12,15-19H,1-3,13-14H2/t4?,5?,6?,7?,8-,9-,10-,11+,12-/m0/s1. The molecule has 0 aromatic carbocycles. The Morgan fingerprint density at radius 2 is 1.59 bits per heavy atom. The summed E-state index contributed by atoms with van der Waals surface area (Å²) in [7, 11) is 0. The van der Waals surface area contributed by atoms with Crippen molar-refractivity contribution in [1.29, 1.82) is 0 Å². The fourth-order valence-corrected chi connectivity index (χ4v) is 2.60. The van der Waals surface area contributed by atoms with Crippen LogP contribution in [0.1, 0.15) is 0 Å². The van der Waals surface area contributed by atoms with Gasteiger partial charge < -0.3 is 51.2 Å². The van der Waals surface area contributed by atoms with E-state index in [0.29, 0.717) is 0 Å². The third kappa shape index (κ3) is 3.41. The van der Waals surface area contributed by atoms with Crippen molar-refractivity contribution in [3.8, 4) is 0 Å². The molecule has 0 radical (unpaired) electrons. The summed E-state index contributed by atoms with van der Waals surface area (Å²) in [5.41, 5.74) is 11.4. The van der Waals surface area contributed by atoms with Crippen molar-refractivity contribution >= 4 is 0 Å². The van der Waals surface area contributed by atoms with Crippen LogP contribution in [0.25, 0.3) is 0 Å². The molecule has 2 saturated heterocycles. The van der Waals surface area contributed by atoms with Crippen LogP contribution < -0.4 is 11.5 Å². The Balaban J connectivity index is 2.09. The number of hydrogen-bond donors (Lipinski definition) is 7. The van der Waals surface area contributed by atoms with Crippen LogP contribution in [0.3, 0.4) is 0 Å². The van der Waals surface area contributed by atoms with Gasteiger partial charge in [0.25, 0.3) is 0 Å². The molecule has 0 bridgehead atoms. The normalized spacial score (nSPS) is 50.0. The van der Waals surface area contributed by atoms with E-state index in [0.717, 1.165) is 0 Å². The van der Waals surface area contributed by atoms with Crippen LogP contribution in [-0.2, 0) is 14.2 Å². The second-order valence-corrected chi connectivity index (χ2v) is 5.59. The van der Waals surface area contributed by atoms with E-state index in [2.05, 4.69) is 0 Å². The van der Waals surface area contributed by atoms with E-state index < -0.39 is 68.2 Å². The predicted molar refractivity (Wildman–Crippen MR) is 71.4 cm³/mol. The van der Waals surface area contributed by atoms with Crippen LogP contribution >= 0.6 is 0 Å². The van der Waals surface area contributed by atoms with E-state index >= 15 is 0 Å². The number of rotatable bonds is 4. The first kappa shape index (κ1) is 17.9. The number of aliphatic hydroxyl groups is 5. The molecule has 2 heterocycles. The van der Waals surface area contributed by atoms with Crippen molar-refractivity contribution in [2.24, 2.45) is 11.5 Å². The van der Waals surface area contributed by atoms with Gasteiger partial charge in [-0.25, -0.2) is 0 Å². The number of hydrogen-bond acceptors (Lipinski definition) is 10. The number of ether oxygens (including phenoxy) is 3. The van der Waals surface area contributed by atoms with Crippen LogP contribution in [0.2, 0.25) is 0 Å². The molecular formula is C12H24N2O8. The highest BCUT2D eigenvalue weighted by molar-refractivity contribution is 4.95. The van der Waals surface area contributed by atoms with Gasteiger partial charge in [0, 0.05) is 0 Å². The van der Waals surface area contributed by atoms with E-state index in [9.17, 15) is 20.4 Å². The highest BCUT2D eigenvalue weighted by Crippen LogP contribution is 2.25. The summed E-state index contributed by atoms with van der Waals surface area (Å²) in [6.07, 6.45) is -8.00. The molecule has 10 nitrogen and oxygen atoms in total. The maximum Gasteiger partial charge on any atom is 0.176 e. The molecule has 2 rings (SSSR count). The van der Waals surface area contributed by atoms with Gasteiger partial charge in [-0.15, -0.1) is 0 Å². The number of aliphatic hydroxyl groups excluding tert-OH is 5. The van der Waals surface area contributed by atoms with E-state index in [-0.39, 0.29) is 6.61 Å². The Bertz CT molecular complexity index is 358. The largest absolute Gasteiger partial charge is 0.394 e. The SMILES string of the molecule is NC1COC(CO)[C@@H](O[C@@H]2OC(CO)[C@H](O)[C@@H](O)C2N)[C@H]1O. The molecule has 4 unspecified atom stereocenters. The zero-order valence-electron chi connectivity index (χ0n) is 11.9. The third-order valence-electron chi connectivity index (χ3n) is 4.04. The van der Waals surface area contributed by atoms with Crippen molar-refractivity contribution < 1.29 is 39.7 Å². The summed E-state index contributed by atoms with van der Waals surface area (Å²) in [5.74, 6) is 0. The topological polar surface area (TPSA) is 181 Å². The minimum absolute atomic E-state index is 0.0600. The molecule has 10 heteroatoms. The summed E-state index contributed by atoms with van der Waals surface area (Å²) < 4.78 is 16.1. The second-order valence-electron chi connectivity index (χ2n) is 5.59. The van der Waals surface area contributed by atoms with Gasteiger partial charge in [0.15, 0.2) is 6.29 Å². The molecule has 0 aliphatic carbocycles. The Labute approximate surface area is 127 Å². The monoisotopic (exact) mass is 324 g/mol. The van der Waals surface area contributed by atoms with Crippen LogP contribution in [-0.4, -0.2) is 100 Å².